The van der Waals surface area contributed by atoms with E-state index in [2.05, 4.69) is 5.32 Å². The second-order valence-corrected chi connectivity index (χ2v) is 9.19. The molecule has 1 aliphatic rings. The van der Waals surface area contributed by atoms with E-state index in [9.17, 15) is 36.6 Å². The molecule has 0 fully saturated rings. The molecule has 4 N–H and O–H groups in total. The van der Waals surface area contributed by atoms with Gasteiger partial charge >= 0.3 is 16.4 Å². The van der Waals surface area contributed by atoms with Gasteiger partial charge in [-0.2, -0.15) is 21.6 Å². The molecule has 0 aromatic heterocycles. The lowest BCUT2D eigenvalue weighted by Gasteiger charge is -2.16. The summed E-state index contributed by atoms with van der Waals surface area (Å²) in [6, 6.07) is 9.21. The van der Waals surface area contributed by atoms with Crippen LogP contribution in [-0.4, -0.2) is 37.7 Å². The van der Waals surface area contributed by atoms with Crippen LogP contribution in [0.3, 0.4) is 0 Å². The Morgan fingerprint density at radius 2 is 1.86 bits per heavy atom. The molecule has 2 aromatic carbocycles. The Morgan fingerprint density at radius 3 is 2.51 bits per heavy atom. The Hall–Kier alpha value is -3.61. The molecular weight excluding hydrogens is 491 g/mol. The lowest BCUT2D eigenvalue weighted by molar-refractivity contribution is -0.139. The number of nitrogens with zero attached hydrogens (tertiary/aromatic N) is 1. The van der Waals surface area contributed by atoms with Crippen molar-refractivity contribution in [1.29, 1.82) is 0 Å². The molecule has 0 atom stereocenters. The minimum Gasteiger partial charge on any atom is -0.506 e. The maximum absolute atomic E-state index is 12.9. The highest BCUT2D eigenvalue weighted by Gasteiger charge is 2.34. The number of anilines is 1. The minimum absolute atomic E-state index is 0.0603. The van der Waals surface area contributed by atoms with Crippen LogP contribution in [0.15, 0.2) is 54.5 Å². The predicted molar refractivity (Wildman–Crippen MR) is 121 cm³/mol. The summed E-state index contributed by atoms with van der Waals surface area (Å²) in [5.74, 6) is -1.41. The number of aryl methyl sites for hydroxylation is 1. The number of alkyl halides is 3. The van der Waals surface area contributed by atoms with E-state index in [1.165, 1.54) is 30.3 Å². The number of hydrogen-bond acceptors (Lipinski definition) is 6. The zero-order valence-corrected chi connectivity index (χ0v) is 19.2. The summed E-state index contributed by atoms with van der Waals surface area (Å²) < 4.78 is 70.4. The highest BCUT2D eigenvalue weighted by atomic mass is 32.2. The van der Waals surface area contributed by atoms with Gasteiger partial charge in [-0.3, -0.25) is 4.79 Å². The second kappa shape index (κ2) is 10.8. The van der Waals surface area contributed by atoms with Crippen molar-refractivity contribution in [1.82, 2.24) is 10.0 Å². The molecule has 0 saturated heterocycles. The summed E-state index contributed by atoms with van der Waals surface area (Å²) in [4.78, 5) is 12.0. The van der Waals surface area contributed by atoms with Crippen molar-refractivity contribution in [2.45, 2.75) is 31.9 Å². The Balaban J connectivity index is 1.38. The van der Waals surface area contributed by atoms with Gasteiger partial charge in [0.25, 0.3) is 0 Å². The van der Waals surface area contributed by atoms with Crippen LogP contribution in [0, 0.1) is 0 Å². The highest BCUT2D eigenvalue weighted by Crippen LogP contribution is 2.36. The van der Waals surface area contributed by atoms with Crippen LogP contribution >= 0.6 is 0 Å². The van der Waals surface area contributed by atoms with E-state index in [0.717, 1.165) is 12.3 Å². The second-order valence-electron chi connectivity index (χ2n) is 7.64. The molecule has 0 radical (unpaired) electrons. The van der Waals surface area contributed by atoms with E-state index in [-0.39, 0.29) is 42.5 Å². The van der Waals surface area contributed by atoms with Crippen molar-refractivity contribution in [3.05, 3.63) is 65.7 Å². The fraction of sp³-hybridized carbons (Fsp3) is 0.318. The van der Waals surface area contributed by atoms with Crippen LogP contribution in [0.4, 0.5) is 18.9 Å². The van der Waals surface area contributed by atoms with Gasteiger partial charge in [0.1, 0.15) is 17.2 Å². The van der Waals surface area contributed by atoms with Crippen molar-refractivity contribution in [3.63, 3.8) is 0 Å². The van der Waals surface area contributed by atoms with Gasteiger partial charge < -0.3 is 20.3 Å². The molecule has 1 heterocycles. The largest absolute Gasteiger partial charge is 0.506 e. The third kappa shape index (κ3) is 6.94. The SMILES string of the molecule is O=C(CCc1ccc(N2C=C(O)NS2(=O)=O)c(O)c1)NCCCCOc1ccccc1C(F)(F)F. The highest BCUT2D eigenvalue weighted by molar-refractivity contribution is 7.91. The van der Waals surface area contributed by atoms with Crippen molar-refractivity contribution >= 4 is 21.8 Å². The first-order valence-corrected chi connectivity index (χ1v) is 12.0. The van der Waals surface area contributed by atoms with E-state index < -0.39 is 27.8 Å². The third-order valence-electron chi connectivity index (χ3n) is 4.99. The fourth-order valence-electron chi connectivity index (χ4n) is 3.31. The van der Waals surface area contributed by atoms with Gasteiger partial charge in [-0.05, 0) is 49.1 Å². The van der Waals surface area contributed by atoms with Gasteiger partial charge in [-0.1, -0.05) is 18.2 Å². The van der Waals surface area contributed by atoms with Crippen molar-refractivity contribution < 1.29 is 41.3 Å². The van der Waals surface area contributed by atoms with E-state index in [1.54, 1.807) is 6.07 Å². The number of aliphatic hydroxyl groups excluding tert-OH is 1. The molecule has 0 unspecified atom stereocenters. The van der Waals surface area contributed by atoms with Crippen molar-refractivity contribution in [2.75, 3.05) is 17.5 Å². The number of ether oxygens (including phenoxy) is 1. The van der Waals surface area contributed by atoms with Crippen LogP contribution in [0.25, 0.3) is 0 Å². The van der Waals surface area contributed by atoms with Crippen LogP contribution in [0.5, 0.6) is 11.5 Å². The standard InChI is InChI=1S/C22H24F3N3O6S/c23-22(24,25)16-5-1-2-6-19(16)34-12-4-3-11-26-20(30)10-8-15-7-9-17(18(29)13-15)28-14-21(31)27-35(28,32)33/h1-2,5-7,9,13-14,27,29,31H,3-4,8,10-12H2,(H,26,30). The molecule has 13 heteroatoms. The van der Waals surface area contributed by atoms with E-state index in [4.69, 9.17) is 4.74 Å². The first-order valence-electron chi connectivity index (χ1n) is 10.6. The summed E-state index contributed by atoms with van der Waals surface area (Å²) >= 11 is 0. The van der Waals surface area contributed by atoms with Gasteiger partial charge in [0.15, 0.2) is 0 Å². The molecule has 35 heavy (non-hydrogen) atoms. The Morgan fingerprint density at radius 1 is 1.11 bits per heavy atom. The molecule has 1 amide bonds. The number of unbranched alkanes of at least 4 members (excludes halogenated alkanes) is 1. The molecule has 190 valence electrons. The number of carbonyl (C=O) groups is 1. The number of amides is 1. The normalized spacial score (nSPS) is 14.8. The van der Waals surface area contributed by atoms with Gasteiger partial charge in [0.2, 0.25) is 11.8 Å². The first kappa shape index (κ1) is 26.0. The van der Waals surface area contributed by atoms with Crippen molar-refractivity contribution in [3.8, 4) is 11.5 Å². The average Bonchev–Trinajstić information content (AvgIpc) is 3.06. The number of aliphatic hydroxyl groups is 1. The fourth-order valence-corrected chi connectivity index (χ4v) is 4.38. The summed E-state index contributed by atoms with van der Waals surface area (Å²) in [7, 11) is -4.03. The number of rotatable bonds is 10. The number of phenols is 1. The van der Waals surface area contributed by atoms with E-state index >= 15 is 0 Å². The molecule has 0 aliphatic carbocycles. The molecule has 3 rings (SSSR count). The van der Waals surface area contributed by atoms with Gasteiger partial charge in [0, 0.05) is 13.0 Å². The Kier molecular flexibility index (Phi) is 7.99. The third-order valence-corrected chi connectivity index (χ3v) is 6.28. The lowest BCUT2D eigenvalue weighted by Crippen LogP contribution is -2.29. The van der Waals surface area contributed by atoms with E-state index in [1.807, 2.05) is 4.72 Å². The molecule has 1 aliphatic heterocycles. The van der Waals surface area contributed by atoms with Crippen LogP contribution in [-0.2, 0) is 27.6 Å². The molecular formula is C22H24F3N3O6S. The summed E-state index contributed by atoms with van der Waals surface area (Å²) in [5, 5.41) is 22.2. The lowest BCUT2D eigenvalue weighted by atomic mass is 10.1. The number of benzene rings is 2. The summed E-state index contributed by atoms with van der Waals surface area (Å²) in [6.45, 7) is 0.396. The molecule has 0 saturated carbocycles. The number of hydrogen-bond donors (Lipinski definition) is 4. The zero-order valence-electron chi connectivity index (χ0n) is 18.4. The molecule has 0 spiro atoms. The van der Waals surface area contributed by atoms with Crippen molar-refractivity contribution in [2.24, 2.45) is 0 Å². The maximum atomic E-state index is 12.9. The predicted octanol–water partition coefficient (Wildman–Crippen LogP) is 3.33. The molecule has 0 bridgehead atoms. The maximum Gasteiger partial charge on any atom is 0.419 e. The smallest absolute Gasteiger partial charge is 0.419 e. The number of aromatic hydroxyl groups is 1. The number of nitrogens with one attached hydrogen (secondary N) is 2. The van der Waals surface area contributed by atoms with Crippen LogP contribution in [0.2, 0.25) is 0 Å². The molecule has 9 nitrogen and oxygen atoms in total. The number of phenolic OH excluding ortho intramolecular Hbond substituents is 1. The summed E-state index contributed by atoms with van der Waals surface area (Å²) in [5.41, 5.74) is -0.300. The number of halogens is 3. The van der Waals surface area contributed by atoms with Gasteiger partial charge in [-0.25, -0.2) is 9.03 Å². The Labute approximate surface area is 200 Å². The quantitative estimate of drug-likeness (QED) is 0.360. The average molecular weight is 516 g/mol. The van der Waals surface area contributed by atoms with Gasteiger partial charge in [-0.15, -0.1) is 0 Å². The summed E-state index contributed by atoms with van der Waals surface area (Å²) in [6.07, 6.45) is -2.24. The number of para-hydroxylation sites is 1. The monoisotopic (exact) mass is 515 g/mol. The first-order chi connectivity index (χ1) is 16.5. The number of carbonyl (C=O) groups excluding carboxylic acids is 1. The minimum atomic E-state index is -4.50. The van der Waals surface area contributed by atoms with Crippen LogP contribution < -0.4 is 19.1 Å². The molecule has 2 aromatic rings. The Bertz CT molecular complexity index is 1200. The van der Waals surface area contributed by atoms with E-state index in [0.29, 0.717) is 29.3 Å². The topological polar surface area (TPSA) is 128 Å². The van der Waals surface area contributed by atoms with Crippen LogP contribution in [0.1, 0.15) is 30.4 Å². The zero-order chi connectivity index (χ0) is 25.6. The van der Waals surface area contributed by atoms with Gasteiger partial charge in [0.05, 0.1) is 18.4 Å².